The van der Waals surface area contributed by atoms with Crippen molar-refractivity contribution < 1.29 is 23.6 Å². The van der Waals surface area contributed by atoms with E-state index in [0.29, 0.717) is 10.0 Å². The number of allylic oxidation sites excluding steroid dienone is 1. The number of hydrogen-bond donors (Lipinski definition) is 0. The van der Waals surface area contributed by atoms with Crippen molar-refractivity contribution in [1.82, 2.24) is 0 Å². The fourth-order valence-corrected chi connectivity index (χ4v) is 2.89. The average molecular weight is 470 g/mol. The number of carbonyl (C=O) groups is 2. The van der Waals surface area contributed by atoms with E-state index in [9.17, 15) is 24.1 Å². The summed E-state index contributed by atoms with van der Waals surface area (Å²) in [5.41, 5.74) is 0.461. The van der Waals surface area contributed by atoms with Crippen LogP contribution >= 0.6 is 15.9 Å². The van der Waals surface area contributed by atoms with Gasteiger partial charge in [-0.1, -0.05) is 40.2 Å². The molecule has 0 saturated carbocycles. The van der Waals surface area contributed by atoms with E-state index in [1.807, 2.05) is 0 Å². The summed E-state index contributed by atoms with van der Waals surface area (Å²) in [6.07, 6.45) is 2.79. The van der Waals surface area contributed by atoms with Gasteiger partial charge in [0, 0.05) is 16.6 Å². The average Bonchev–Trinajstić information content (AvgIpc) is 2.74. The van der Waals surface area contributed by atoms with Crippen LogP contribution in [-0.4, -0.2) is 16.7 Å². The molecule has 0 aliphatic rings. The SMILES string of the molecule is O=C(Oc1ccc(Br)cc1C(=O)C=Cc1ccc(F)cc1)c1cccc([N+](=O)[O-])c1. The highest BCUT2D eigenvalue weighted by molar-refractivity contribution is 9.10. The van der Waals surface area contributed by atoms with Crippen molar-refractivity contribution in [2.24, 2.45) is 0 Å². The first-order valence-corrected chi connectivity index (χ1v) is 9.37. The lowest BCUT2D eigenvalue weighted by Gasteiger charge is -2.09. The molecule has 0 heterocycles. The predicted octanol–water partition coefficient (Wildman–Crippen LogP) is 5.61. The van der Waals surface area contributed by atoms with Gasteiger partial charge in [0.1, 0.15) is 11.6 Å². The van der Waals surface area contributed by atoms with Crippen molar-refractivity contribution in [3.63, 3.8) is 0 Å². The van der Waals surface area contributed by atoms with Crippen LogP contribution in [0, 0.1) is 15.9 Å². The second-order valence-electron chi connectivity index (χ2n) is 6.09. The van der Waals surface area contributed by atoms with Crippen molar-refractivity contribution in [2.45, 2.75) is 0 Å². The Hall–Kier alpha value is -3.65. The Morgan fingerprint density at radius 1 is 1.03 bits per heavy atom. The van der Waals surface area contributed by atoms with Gasteiger partial charge in [0.15, 0.2) is 5.78 Å². The standard InChI is InChI=1S/C22H13BrFNO5/c23-16-7-11-21(30-22(27)15-2-1-3-18(12-15)25(28)29)19(13-16)20(26)10-6-14-4-8-17(24)9-5-14/h1-13H. The minimum atomic E-state index is -0.836. The van der Waals surface area contributed by atoms with Crippen molar-refractivity contribution in [3.8, 4) is 5.75 Å². The summed E-state index contributed by atoms with van der Waals surface area (Å²) in [5, 5.41) is 10.9. The molecule has 0 saturated heterocycles. The lowest BCUT2D eigenvalue weighted by atomic mass is 10.1. The van der Waals surface area contributed by atoms with Crippen LogP contribution in [0.3, 0.4) is 0 Å². The molecule has 3 aromatic carbocycles. The van der Waals surface area contributed by atoms with E-state index in [-0.39, 0.29) is 28.4 Å². The second-order valence-corrected chi connectivity index (χ2v) is 7.00. The summed E-state index contributed by atoms with van der Waals surface area (Å²) in [4.78, 5) is 35.4. The number of rotatable bonds is 6. The number of ketones is 1. The minimum absolute atomic E-state index is 0.00321. The summed E-state index contributed by atoms with van der Waals surface area (Å²) < 4.78 is 18.9. The molecule has 0 aliphatic heterocycles. The van der Waals surface area contributed by atoms with E-state index in [1.165, 1.54) is 66.7 Å². The molecule has 0 fully saturated rings. The summed E-state index contributed by atoms with van der Waals surface area (Å²) >= 11 is 3.27. The van der Waals surface area contributed by atoms with Crippen molar-refractivity contribution in [1.29, 1.82) is 0 Å². The van der Waals surface area contributed by atoms with Crippen LogP contribution in [0.1, 0.15) is 26.3 Å². The number of non-ortho nitro benzene ring substituents is 1. The van der Waals surface area contributed by atoms with Gasteiger partial charge >= 0.3 is 5.97 Å². The third kappa shape index (κ3) is 5.24. The van der Waals surface area contributed by atoms with Gasteiger partial charge in [-0.2, -0.15) is 0 Å². The van der Waals surface area contributed by atoms with Crippen LogP contribution in [0.25, 0.3) is 6.08 Å². The molecule has 6 nitrogen and oxygen atoms in total. The fourth-order valence-electron chi connectivity index (χ4n) is 2.52. The quantitative estimate of drug-likeness (QED) is 0.117. The van der Waals surface area contributed by atoms with Gasteiger partial charge in [-0.05, 0) is 48.0 Å². The normalized spacial score (nSPS) is 10.7. The molecule has 30 heavy (non-hydrogen) atoms. The van der Waals surface area contributed by atoms with Gasteiger partial charge in [-0.25, -0.2) is 9.18 Å². The van der Waals surface area contributed by atoms with E-state index < -0.39 is 16.7 Å². The molecule has 150 valence electrons. The molecular formula is C22H13BrFNO5. The molecule has 0 radical (unpaired) electrons. The van der Waals surface area contributed by atoms with Gasteiger partial charge in [0.25, 0.3) is 5.69 Å². The number of carbonyl (C=O) groups excluding carboxylic acids is 2. The predicted molar refractivity (Wildman–Crippen MR) is 112 cm³/mol. The molecule has 0 atom stereocenters. The number of hydrogen-bond acceptors (Lipinski definition) is 5. The second kappa shape index (κ2) is 9.23. The Labute approximate surface area is 178 Å². The van der Waals surface area contributed by atoms with E-state index >= 15 is 0 Å². The highest BCUT2D eigenvalue weighted by Gasteiger charge is 2.17. The molecule has 0 spiro atoms. The maximum atomic E-state index is 13.0. The summed E-state index contributed by atoms with van der Waals surface area (Å²) in [6, 6.07) is 15.2. The third-order valence-corrected chi connectivity index (χ3v) is 4.49. The molecule has 8 heteroatoms. The molecule has 0 unspecified atom stereocenters. The number of nitro groups is 1. The van der Waals surface area contributed by atoms with Crippen LogP contribution < -0.4 is 4.74 Å². The molecule has 0 amide bonds. The van der Waals surface area contributed by atoms with Crippen molar-refractivity contribution >= 4 is 39.4 Å². The van der Waals surface area contributed by atoms with Crippen molar-refractivity contribution in [2.75, 3.05) is 0 Å². The molecule has 0 aliphatic carbocycles. The summed E-state index contributed by atoms with van der Waals surface area (Å²) in [6.45, 7) is 0. The molecule has 0 N–H and O–H groups in total. The lowest BCUT2D eigenvalue weighted by molar-refractivity contribution is -0.384. The Kier molecular flexibility index (Phi) is 6.48. The van der Waals surface area contributed by atoms with Gasteiger partial charge in [-0.3, -0.25) is 14.9 Å². The first kappa shape index (κ1) is 21.1. The van der Waals surface area contributed by atoms with Crippen LogP contribution in [0.4, 0.5) is 10.1 Å². The number of nitrogens with zero attached hydrogens (tertiary/aromatic N) is 1. The Morgan fingerprint density at radius 2 is 1.77 bits per heavy atom. The number of halogens is 2. The Balaban J connectivity index is 1.85. The van der Waals surface area contributed by atoms with E-state index in [4.69, 9.17) is 4.74 Å². The Morgan fingerprint density at radius 3 is 2.47 bits per heavy atom. The Bertz CT molecular complexity index is 1160. The van der Waals surface area contributed by atoms with Gasteiger partial charge in [0.05, 0.1) is 16.1 Å². The smallest absolute Gasteiger partial charge is 0.343 e. The molecule has 0 bridgehead atoms. The van der Waals surface area contributed by atoms with Crippen LogP contribution in [-0.2, 0) is 0 Å². The summed E-state index contributed by atoms with van der Waals surface area (Å²) in [5.74, 6) is -1.66. The number of nitro benzene ring substituents is 1. The molecule has 3 aromatic rings. The fraction of sp³-hybridized carbons (Fsp3) is 0. The van der Waals surface area contributed by atoms with Crippen LogP contribution in [0.5, 0.6) is 5.75 Å². The number of ether oxygens (including phenoxy) is 1. The third-order valence-electron chi connectivity index (χ3n) is 4.00. The zero-order chi connectivity index (χ0) is 21.7. The van der Waals surface area contributed by atoms with Crippen LogP contribution in [0.15, 0.2) is 77.3 Å². The molecular weight excluding hydrogens is 457 g/mol. The maximum absolute atomic E-state index is 13.0. The van der Waals surface area contributed by atoms with E-state index in [1.54, 1.807) is 6.07 Å². The van der Waals surface area contributed by atoms with E-state index in [2.05, 4.69) is 15.9 Å². The zero-order valence-electron chi connectivity index (χ0n) is 15.2. The van der Waals surface area contributed by atoms with E-state index in [0.717, 1.165) is 6.07 Å². The first-order chi connectivity index (χ1) is 14.3. The number of esters is 1. The minimum Gasteiger partial charge on any atom is -0.422 e. The first-order valence-electron chi connectivity index (χ1n) is 8.57. The highest BCUT2D eigenvalue weighted by atomic mass is 79.9. The zero-order valence-corrected chi connectivity index (χ0v) is 16.8. The lowest BCUT2D eigenvalue weighted by Crippen LogP contribution is -2.11. The maximum Gasteiger partial charge on any atom is 0.343 e. The molecule has 3 rings (SSSR count). The largest absolute Gasteiger partial charge is 0.422 e. The highest BCUT2D eigenvalue weighted by Crippen LogP contribution is 2.26. The monoisotopic (exact) mass is 469 g/mol. The summed E-state index contributed by atoms with van der Waals surface area (Å²) in [7, 11) is 0. The molecule has 0 aromatic heterocycles. The number of benzene rings is 3. The van der Waals surface area contributed by atoms with Gasteiger partial charge in [0.2, 0.25) is 0 Å². The van der Waals surface area contributed by atoms with Gasteiger partial charge < -0.3 is 4.74 Å². The van der Waals surface area contributed by atoms with Crippen molar-refractivity contribution in [3.05, 3.63) is 110 Å². The van der Waals surface area contributed by atoms with Gasteiger partial charge in [-0.15, -0.1) is 0 Å². The topological polar surface area (TPSA) is 86.5 Å². The van der Waals surface area contributed by atoms with Crippen LogP contribution in [0.2, 0.25) is 0 Å².